The largest absolute Gasteiger partial charge is 0.334 e. The van der Waals surface area contributed by atoms with E-state index in [-0.39, 0.29) is 12.1 Å². The number of likely N-dealkylation sites (N-methyl/N-ethyl adjacent to an activating group) is 1. The van der Waals surface area contributed by atoms with Crippen molar-refractivity contribution in [2.24, 2.45) is 4.99 Å². The van der Waals surface area contributed by atoms with E-state index < -0.39 is 0 Å². The number of amides is 2. The molecule has 25 heavy (non-hydrogen) atoms. The SMILES string of the molecule is CC/C=N\C=C/Cc1n[nH]c2c1CN(C(=O)NC1CCN(C)C1)CC2. The van der Waals surface area contributed by atoms with Crippen molar-refractivity contribution in [2.75, 3.05) is 26.7 Å². The molecule has 1 fully saturated rings. The van der Waals surface area contributed by atoms with Crippen LogP contribution in [0.2, 0.25) is 0 Å². The first-order chi connectivity index (χ1) is 12.2. The average Bonchev–Trinajstić information content (AvgIpc) is 3.20. The number of allylic oxidation sites excluding steroid dienone is 1. The highest BCUT2D eigenvalue weighted by Gasteiger charge is 2.27. The Morgan fingerprint density at radius 3 is 3.12 bits per heavy atom. The molecule has 1 aromatic rings. The highest BCUT2D eigenvalue weighted by Crippen LogP contribution is 2.21. The maximum Gasteiger partial charge on any atom is 0.317 e. The molecule has 0 bridgehead atoms. The predicted octanol–water partition coefficient (Wildman–Crippen LogP) is 1.72. The molecule has 2 aliphatic rings. The van der Waals surface area contributed by atoms with Crippen molar-refractivity contribution in [3.8, 4) is 0 Å². The van der Waals surface area contributed by atoms with E-state index in [1.807, 2.05) is 23.4 Å². The highest BCUT2D eigenvalue weighted by atomic mass is 16.2. The van der Waals surface area contributed by atoms with Crippen LogP contribution >= 0.6 is 0 Å². The summed E-state index contributed by atoms with van der Waals surface area (Å²) in [6.45, 7) is 5.41. The van der Waals surface area contributed by atoms with Crippen molar-refractivity contribution in [3.63, 3.8) is 0 Å². The van der Waals surface area contributed by atoms with Crippen LogP contribution in [0.1, 0.15) is 36.7 Å². The van der Waals surface area contributed by atoms with Gasteiger partial charge in [0.1, 0.15) is 0 Å². The average molecular weight is 344 g/mol. The standard InChI is InChI=1S/C18H28N6O/c1-3-8-19-9-4-5-16-15-13-24(11-7-17(15)22-21-16)18(25)20-14-6-10-23(2)12-14/h4,8-9,14H,3,5-7,10-13H2,1-2H3,(H,20,25)(H,21,22)/b9-4-,19-8-. The van der Waals surface area contributed by atoms with Crippen LogP contribution in [0.3, 0.4) is 0 Å². The number of carbonyl (C=O) groups excluding carboxylic acids is 1. The van der Waals surface area contributed by atoms with Gasteiger partial charge in [-0.1, -0.05) is 13.0 Å². The molecular formula is C18H28N6O. The summed E-state index contributed by atoms with van der Waals surface area (Å²) < 4.78 is 0. The third-order valence-electron chi connectivity index (χ3n) is 4.82. The first-order valence-electron chi connectivity index (χ1n) is 9.13. The fraction of sp³-hybridized carbons (Fsp3) is 0.611. The smallest absolute Gasteiger partial charge is 0.317 e. The number of aromatic amines is 1. The molecule has 7 heteroatoms. The van der Waals surface area contributed by atoms with E-state index >= 15 is 0 Å². The fourth-order valence-corrected chi connectivity index (χ4v) is 3.41. The van der Waals surface area contributed by atoms with Crippen LogP contribution in [0, 0.1) is 0 Å². The lowest BCUT2D eigenvalue weighted by Crippen LogP contribution is -2.47. The third-order valence-corrected chi connectivity index (χ3v) is 4.82. The number of fused-ring (bicyclic) bond motifs is 1. The summed E-state index contributed by atoms with van der Waals surface area (Å²) in [7, 11) is 2.09. The molecule has 0 aromatic carbocycles. The van der Waals surface area contributed by atoms with Gasteiger partial charge in [0.05, 0.1) is 12.2 Å². The molecule has 2 N–H and O–H groups in total. The number of nitrogens with zero attached hydrogens (tertiary/aromatic N) is 4. The molecule has 7 nitrogen and oxygen atoms in total. The van der Waals surface area contributed by atoms with Gasteiger partial charge >= 0.3 is 6.03 Å². The van der Waals surface area contributed by atoms with Gasteiger partial charge in [0.15, 0.2) is 0 Å². The van der Waals surface area contributed by atoms with Crippen molar-refractivity contribution in [2.45, 2.75) is 45.2 Å². The summed E-state index contributed by atoms with van der Waals surface area (Å²) in [6, 6.07) is 0.309. The van der Waals surface area contributed by atoms with Gasteiger partial charge in [-0.3, -0.25) is 10.1 Å². The van der Waals surface area contributed by atoms with E-state index in [0.717, 1.165) is 62.3 Å². The van der Waals surface area contributed by atoms with E-state index in [2.05, 4.69) is 39.4 Å². The number of hydrogen-bond acceptors (Lipinski definition) is 4. The highest BCUT2D eigenvalue weighted by molar-refractivity contribution is 5.75. The van der Waals surface area contributed by atoms with Crippen molar-refractivity contribution < 1.29 is 4.79 Å². The lowest BCUT2D eigenvalue weighted by atomic mass is 10.0. The van der Waals surface area contributed by atoms with Crippen LogP contribution in [-0.4, -0.2) is 65.0 Å². The minimum Gasteiger partial charge on any atom is -0.334 e. The van der Waals surface area contributed by atoms with Gasteiger partial charge in [0.2, 0.25) is 0 Å². The molecule has 2 amide bonds. The number of H-pyrrole nitrogens is 1. The fourth-order valence-electron chi connectivity index (χ4n) is 3.41. The van der Waals surface area contributed by atoms with Gasteiger partial charge in [-0.05, 0) is 26.4 Å². The summed E-state index contributed by atoms with van der Waals surface area (Å²) in [6.07, 6.45) is 9.23. The maximum absolute atomic E-state index is 12.6. The van der Waals surface area contributed by atoms with Crippen molar-refractivity contribution in [1.29, 1.82) is 0 Å². The summed E-state index contributed by atoms with van der Waals surface area (Å²) >= 11 is 0. The van der Waals surface area contributed by atoms with E-state index in [9.17, 15) is 4.79 Å². The van der Waals surface area contributed by atoms with Gasteiger partial charge in [-0.2, -0.15) is 5.10 Å². The molecule has 1 unspecified atom stereocenters. The molecule has 3 heterocycles. The molecule has 0 aliphatic carbocycles. The molecule has 1 atom stereocenters. The minimum absolute atomic E-state index is 0.0428. The number of carbonyl (C=O) groups is 1. The molecule has 2 aliphatic heterocycles. The topological polar surface area (TPSA) is 76.6 Å². The molecule has 1 aromatic heterocycles. The maximum atomic E-state index is 12.6. The van der Waals surface area contributed by atoms with Crippen LogP contribution in [0.15, 0.2) is 17.3 Å². The minimum atomic E-state index is 0.0428. The van der Waals surface area contributed by atoms with Gasteiger partial charge in [-0.25, -0.2) is 4.79 Å². The van der Waals surface area contributed by atoms with Crippen LogP contribution in [0.5, 0.6) is 0 Å². The zero-order chi connectivity index (χ0) is 17.6. The summed E-state index contributed by atoms with van der Waals surface area (Å²) in [5.41, 5.74) is 3.33. The first kappa shape index (κ1) is 17.7. The Kier molecular flexibility index (Phi) is 5.86. The zero-order valence-corrected chi connectivity index (χ0v) is 15.2. The number of nitrogens with one attached hydrogen (secondary N) is 2. The summed E-state index contributed by atoms with van der Waals surface area (Å²) in [5, 5.41) is 10.7. The second-order valence-electron chi connectivity index (χ2n) is 6.83. The Hall–Kier alpha value is -2.15. The molecule has 136 valence electrons. The van der Waals surface area contributed by atoms with E-state index in [4.69, 9.17) is 0 Å². The normalized spacial score (nSPS) is 21.4. The Morgan fingerprint density at radius 2 is 2.36 bits per heavy atom. The van der Waals surface area contributed by atoms with Crippen LogP contribution in [-0.2, 0) is 19.4 Å². The molecule has 1 saturated heterocycles. The predicted molar refractivity (Wildman–Crippen MR) is 98.8 cm³/mol. The van der Waals surface area contributed by atoms with E-state index in [1.165, 1.54) is 0 Å². The molecule has 0 radical (unpaired) electrons. The number of aromatic nitrogens is 2. The Balaban J connectivity index is 1.58. The number of hydrogen-bond donors (Lipinski definition) is 2. The van der Waals surface area contributed by atoms with Crippen molar-refractivity contribution >= 4 is 12.2 Å². The number of rotatable bonds is 5. The van der Waals surface area contributed by atoms with Gasteiger partial charge in [0.25, 0.3) is 0 Å². The second-order valence-corrected chi connectivity index (χ2v) is 6.83. The summed E-state index contributed by atoms with van der Waals surface area (Å²) in [4.78, 5) is 20.9. The van der Waals surface area contributed by atoms with Crippen molar-refractivity contribution in [3.05, 3.63) is 29.2 Å². The van der Waals surface area contributed by atoms with Gasteiger partial charge in [0, 0.05) is 55.6 Å². The quantitative estimate of drug-likeness (QED) is 0.799. The van der Waals surface area contributed by atoms with Crippen LogP contribution in [0.25, 0.3) is 0 Å². The monoisotopic (exact) mass is 344 g/mol. The molecule has 0 saturated carbocycles. The van der Waals surface area contributed by atoms with Gasteiger partial charge in [-0.15, -0.1) is 0 Å². The second kappa shape index (κ2) is 8.29. The number of urea groups is 1. The molecule has 0 spiro atoms. The lowest BCUT2D eigenvalue weighted by Gasteiger charge is -2.28. The number of aliphatic imine (C=N–C) groups is 1. The zero-order valence-electron chi connectivity index (χ0n) is 15.2. The lowest BCUT2D eigenvalue weighted by molar-refractivity contribution is 0.188. The van der Waals surface area contributed by atoms with Crippen LogP contribution in [0.4, 0.5) is 4.79 Å². The van der Waals surface area contributed by atoms with E-state index in [1.54, 1.807) is 0 Å². The molecular weight excluding hydrogens is 316 g/mol. The van der Waals surface area contributed by atoms with Crippen molar-refractivity contribution in [1.82, 2.24) is 25.3 Å². The Bertz CT molecular complexity index is 650. The molecule has 3 rings (SSSR count). The Labute approximate surface area is 149 Å². The first-order valence-corrected chi connectivity index (χ1v) is 9.13. The third kappa shape index (κ3) is 4.48. The van der Waals surface area contributed by atoms with E-state index in [0.29, 0.717) is 6.54 Å². The van der Waals surface area contributed by atoms with Gasteiger partial charge < -0.3 is 15.1 Å². The van der Waals surface area contributed by atoms with Crippen LogP contribution < -0.4 is 5.32 Å². The number of likely N-dealkylation sites (tertiary alicyclic amines) is 1. The Morgan fingerprint density at radius 1 is 1.48 bits per heavy atom. The summed E-state index contributed by atoms with van der Waals surface area (Å²) in [5.74, 6) is 0.